The number of aliphatic imine (C=N–C) groups is 1. The van der Waals surface area contributed by atoms with E-state index in [0.717, 1.165) is 11.8 Å². The summed E-state index contributed by atoms with van der Waals surface area (Å²) < 4.78 is 4.98. The second kappa shape index (κ2) is 6.61. The Labute approximate surface area is 144 Å². The molecule has 1 saturated heterocycles. The fourth-order valence-electron chi connectivity index (χ4n) is 1.95. The third-order valence-corrected chi connectivity index (χ3v) is 3.95. The largest absolute Gasteiger partial charge is 0.478 e. The number of carbonyl (C=O) groups is 2. The van der Waals surface area contributed by atoms with Gasteiger partial charge in [-0.2, -0.15) is 0 Å². The van der Waals surface area contributed by atoms with Crippen LogP contribution in [0, 0.1) is 10.1 Å². The molecule has 126 valence electrons. The lowest BCUT2D eigenvalue weighted by molar-refractivity contribution is -0.402. The van der Waals surface area contributed by atoms with Gasteiger partial charge in [0.15, 0.2) is 5.17 Å². The minimum absolute atomic E-state index is 0.0786. The van der Waals surface area contributed by atoms with Crippen LogP contribution < -0.4 is 5.32 Å². The molecule has 1 aromatic carbocycles. The number of nitrogens with zero attached hydrogens (tertiary/aromatic N) is 2. The van der Waals surface area contributed by atoms with Crippen LogP contribution in [0.4, 0.5) is 11.6 Å². The summed E-state index contributed by atoms with van der Waals surface area (Å²) in [6, 6.07) is 8.52. The van der Waals surface area contributed by atoms with Gasteiger partial charge in [0.2, 0.25) is 0 Å². The summed E-state index contributed by atoms with van der Waals surface area (Å²) in [7, 11) is 0. The molecule has 0 spiro atoms. The summed E-state index contributed by atoms with van der Waals surface area (Å²) in [5, 5.41) is 22.4. The van der Waals surface area contributed by atoms with Gasteiger partial charge in [-0.25, -0.2) is 9.79 Å². The predicted molar refractivity (Wildman–Crippen MR) is 89.6 cm³/mol. The molecule has 3 rings (SSSR count). The Morgan fingerprint density at radius 2 is 2.16 bits per heavy atom. The number of nitrogens with one attached hydrogen (secondary N) is 1. The van der Waals surface area contributed by atoms with E-state index in [1.54, 1.807) is 12.1 Å². The Bertz CT molecular complexity index is 946. The third-order valence-electron chi connectivity index (χ3n) is 3.04. The molecule has 1 amide bonds. The highest BCUT2D eigenvalue weighted by Crippen LogP contribution is 2.29. The number of aromatic carboxylic acids is 1. The van der Waals surface area contributed by atoms with Crippen molar-refractivity contribution < 1.29 is 24.0 Å². The summed E-state index contributed by atoms with van der Waals surface area (Å²) in [5.74, 6) is -1.77. The molecule has 1 aliphatic rings. The molecule has 0 atom stereocenters. The van der Waals surface area contributed by atoms with Crippen molar-refractivity contribution in [1.82, 2.24) is 5.32 Å². The topological polar surface area (TPSA) is 135 Å². The van der Waals surface area contributed by atoms with Crippen LogP contribution in [0.2, 0.25) is 0 Å². The Kier molecular flexibility index (Phi) is 4.35. The standard InChI is InChI=1S/C15H9N3O6S/c19-13-11(7-10-4-5-12(24-10)18(22)23)25-15(17-13)16-9-3-1-2-8(6-9)14(20)21/h1-7H,(H,20,21)(H,16,17,19)/b11-7+. The van der Waals surface area contributed by atoms with Crippen LogP contribution in [0.5, 0.6) is 0 Å². The van der Waals surface area contributed by atoms with Gasteiger partial charge in [0.05, 0.1) is 22.2 Å². The number of rotatable bonds is 4. The highest BCUT2D eigenvalue weighted by molar-refractivity contribution is 8.18. The summed E-state index contributed by atoms with van der Waals surface area (Å²) in [4.78, 5) is 37.2. The molecule has 1 aliphatic heterocycles. The second-order valence-corrected chi connectivity index (χ2v) is 5.80. The number of hydrogen-bond acceptors (Lipinski definition) is 7. The van der Waals surface area contributed by atoms with E-state index in [1.807, 2.05) is 0 Å². The monoisotopic (exact) mass is 359 g/mol. The van der Waals surface area contributed by atoms with Gasteiger partial charge in [0, 0.05) is 6.08 Å². The van der Waals surface area contributed by atoms with E-state index < -0.39 is 22.7 Å². The van der Waals surface area contributed by atoms with E-state index in [4.69, 9.17) is 9.52 Å². The average Bonchev–Trinajstić information content (AvgIpc) is 3.15. The van der Waals surface area contributed by atoms with Crippen molar-refractivity contribution in [3.8, 4) is 0 Å². The van der Waals surface area contributed by atoms with E-state index in [-0.39, 0.29) is 21.4 Å². The number of hydrogen-bond donors (Lipinski definition) is 2. The SMILES string of the molecule is O=C1NC(=Nc2cccc(C(=O)O)c2)S/C1=C/c1ccc([N+](=O)[O-])o1. The van der Waals surface area contributed by atoms with Gasteiger partial charge < -0.3 is 14.8 Å². The third kappa shape index (κ3) is 3.75. The first-order valence-corrected chi connectivity index (χ1v) is 7.61. The molecule has 0 unspecified atom stereocenters. The normalized spacial score (nSPS) is 17.0. The molecule has 1 aromatic heterocycles. The first kappa shape index (κ1) is 16.5. The Balaban J connectivity index is 1.82. The van der Waals surface area contributed by atoms with Gasteiger partial charge in [0.25, 0.3) is 5.91 Å². The summed E-state index contributed by atoms with van der Waals surface area (Å²) >= 11 is 1.01. The van der Waals surface area contributed by atoms with E-state index >= 15 is 0 Å². The maximum Gasteiger partial charge on any atom is 0.433 e. The molecule has 0 aliphatic carbocycles. The van der Waals surface area contributed by atoms with Crippen molar-refractivity contribution in [2.75, 3.05) is 0 Å². The van der Waals surface area contributed by atoms with Crippen molar-refractivity contribution in [2.45, 2.75) is 0 Å². The number of thioether (sulfide) groups is 1. The molecule has 10 heteroatoms. The molecular formula is C15H9N3O6S. The predicted octanol–water partition coefficient (Wildman–Crippen LogP) is 2.78. The van der Waals surface area contributed by atoms with Crippen LogP contribution >= 0.6 is 11.8 Å². The Hall–Kier alpha value is -3.40. The molecule has 1 fully saturated rings. The molecule has 2 N–H and O–H groups in total. The molecular weight excluding hydrogens is 350 g/mol. The van der Waals surface area contributed by atoms with Crippen molar-refractivity contribution in [3.63, 3.8) is 0 Å². The Morgan fingerprint density at radius 3 is 2.84 bits per heavy atom. The van der Waals surface area contributed by atoms with Crippen molar-refractivity contribution >= 4 is 46.5 Å². The number of carbonyl (C=O) groups excluding carboxylic acids is 1. The van der Waals surface area contributed by atoms with Gasteiger partial charge in [0.1, 0.15) is 10.7 Å². The molecule has 9 nitrogen and oxygen atoms in total. The van der Waals surface area contributed by atoms with Crippen LogP contribution in [-0.4, -0.2) is 27.1 Å². The van der Waals surface area contributed by atoms with Crippen LogP contribution in [0.15, 0.2) is 50.7 Å². The van der Waals surface area contributed by atoms with Gasteiger partial charge in [-0.15, -0.1) is 0 Å². The average molecular weight is 359 g/mol. The fourth-order valence-corrected chi connectivity index (χ4v) is 2.78. The molecule has 0 bridgehead atoms. The van der Waals surface area contributed by atoms with Crippen LogP contribution in [0.1, 0.15) is 16.1 Å². The molecule has 0 radical (unpaired) electrons. The van der Waals surface area contributed by atoms with Crippen molar-refractivity contribution in [2.24, 2.45) is 4.99 Å². The number of amides is 1. The first-order valence-electron chi connectivity index (χ1n) is 6.79. The maximum atomic E-state index is 11.9. The van der Waals surface area contributed by atoms with E-state index in [9.17, 15) is 19.7 Å². The highest BCUT2D eigenvalue weighted by atomic mass is 32.2. The fraction of sp³-hybridized carbons (Fsp3) is 0. The number of furan rings is 1. The van der Waals surface area contributed by atoms with Gasteiger partial charge in [-0.1, -0.05) is 6.07 Å². The lowest BCUT2D eigenvalue weighted by Gasteiger charge is -1.98. The van der Waals surface area contributed by atoms with Gasteiger partial charge >= 0.3 is 11.9 Å². The van der Waals surface area contributed by atoms with Gasteiger partial charge in [-0.05, 0) is 36.0 Å². The Morgan fingerprint density at radius 1 is 1.36 bits per heavy atom. The minimum atomic E-state index is -1.08. The zero-order valence-corrected chi connectivity index (χ0v) is 13.1. The lowest BCUT2D eigenvalue weighted by Crippen LogP contribution is -2.19. The first-order chi connectivity index (χ1) is 11.9. The van der Waals surface area contributed by atoms with Gasteiger partial charge in [-0.3, -0.25) is 14.9 Å². The van der Waals surface area contributed by atoms with Crippen LogP contribution in [-0.2, 0) is 4.79 Å². The zero-order valence-electron chi connectivity index (χ0n) is 12.3. The second-order valence-electron chi connectivity index (χ2n) is 4.77. The molecule has 0 saturated carbocycles. The highest BCUT2D eigenvalue weighted by Gasteiger charge is 2.25. The lowest BCUT2D eigenvalue weighted by atomic mass is 10.2. The number of nitro groups is 1. The van der Waals surface area contributed by atoms with Crippen LogP contribution in [0.25, 0.3) is 6.08 Å². The quantitative estimate of drug-likeness (QED) is 0.487. The number of carboxylic acid groups (broad SMARTS) is 1. The van der Waals surface area contributed by atoms with E-state index in [2.05, 4.69) is 10.3 Å². The van der Waals surface area contributed by atoms with Crippen molar-refractivity contribution in [1.29, 1.82) is 0 Å². The zero-order chi connectivity index (χ0) is 18.0. The number of carboxylic acids is 1. The van der Waals surface area contributed by atoms with E-state index in [1.165, 1.54) is 30.3 Å². The smallest absolute Gasteiger partial charge is 0.433 e. The summed E-state index contributed by atoms with van der Waals surface area (Å²) in [6.45, 7) is 0. The van der Waals surface area contributed by atoms with Crippen molar-refractivity contribution in [3.05, 3.63) is 62.7 Å². The molecule has 2 aromatic rings. The maximum absolute atomic E-state index is 11.9. The molecule has 2 heterocycles. The van der Waals surface area contributed by atoms with E-state index in [0.29, 0.717) is 5.69 Å². The number of benzene rings is 1. The minimum Gasteiger partial charge on any atom is -0.478 e. The summed E-state index contributed by atoms with van der Waals surface area (Å²) in [5.41, 5.74) is 0.451. The summed E-state index contributed by atoms with van der Waals surface area (Å²) in [6.07, 6.45) is 1.36. The molecule has 25 heavy (non-hydrogen) atoms. The number of amidine groups is 1. The van der Waals surface area contributed by atoms with Crippen LogP contribution in [0.3, 0.4) is 0 Å².